The number of pyridine rings is 1. The standard InChI is InChI=1S/C25H31N5O/c1-4-21-22(5-2)28-24-23(27-21)15-20(16-26-24)30-13-11-19(12-14-30)25(31)29(3)17-18-9-7-6-8-10-18/h6-10,15-16,19H,4-5,11-14,17H2,1-3H3. The van der Waals surface area contributed by atoms with Crippen molar-refractivity contribution in [3.63, 3.8) is 0 Å². The van der Waals surface area contributed by atoms with Crippen LogP contribution in [-0.2, 0) is 24.2 Å². The predicted molar refractivity (Wildman–Crippen MR) is 124 cm³/mol. The lowest BCUT2D eigenvalue weighted by atomic mass is 9.95. The van der Waals surface area contributed by atoms with E-state index in [0.29, 0.717) is 12.2 Å². The van der Waals surface area contributed by atoms with E-state index >= 15 is 0 Å². The van der Waals surface area contributed by atoms with E-state index in [1.807, 2.05) is 36.3 Å². The van der Waals surface area contributed by atoms with E-state index < -0.39 is 0 Å². The van der Waals surface area contributed by atoms with Gasteiger partial charge in [0.15, 0.2) is 5.65 Å². The van der Waals surface area contributed by atoms with Crippen LogP contribution < -0.4 is 4.90 Å². The molecule has 0 atom stereocenters. The highest BCUT2D eigenvalue weighted by Crippen LogP contribution is 2.26. The Morgan fingerprint density at radius 1 is 1.06 bits per heavy atom. The molecule has 6 heteroatoms. The Hall–Kier alpha value is -3.02. The van der Waals surface area contributed by atoms with E-state index in [9.17, 15) is 4.79 Å². The molecule has 162 valence electrons. The molecule has 0 saturated carbocycles. The number of carbonyl (C=O) groups excluding carboxylic acids is 1. The Morgan fingerprint density at radius 2 is 1.74 bits per heavy atom. The maximum atomic E-state index is 12.9. The highest BCUT2D eigenvalue weighted by Gasteiger charge is 2.27. The van der Waals surface area contributed by atoms with Crippen molar-refractivity contribution in [2.24, 2.45) is 5.92 Å². The second-order valence-electron chi connectivity index (χ2n) is 8.30. The monoisotopic (exact) mass is 417 g/mol. The van der Waals surface area contributed by atoms with Gasteiger partial charge in [0.25, 0.3) is 0 Å². The molecule has 3 aromatic rings. The zero-order valence-electron chi connectivity index (χ0n) is 18.7. The van der Waals surface area contributed by atoms with Crippen molar-refractivity contribution in [2.45, 2.75) is 46.1 Å². The minimum atomic E-state index is 0.0805. The van der Waals surface area contributed by atoms with E-state index in [1.165, 1.54) is 0 Å². The predicted octanol–water partition coefficient (Wildman–Crippen LogP) is 4.02. The van der Waals surface area contributed by atoms with Gasteiger partial charge in [0.1, 0.15) is 5.52 Å². The molecule has 6 nitrogen and oxygen atoms in total. The molecule has 1 aliphatic heterocycles. The van der Waals surface area contributed by atoms with Gasteiger partial charge in [-0.2, -0.15) is 0 Å². The quantitative estimate of drug-likeness (QED) is 0.606. The van der Waals surface area contributed by atoms with E-state index in [-0.39, 0.29) is 11.8 Å². The van der Waals surface area contributed by atoms with Crippen LogP contribution in [0.3, 0.4) is 0 Å². The van der Waals surface area contributed by atoms with E-state index in [1.54, 1.807) is 0 Å². The number of hydrogen-bond donors (Lipinski definition) is 0. The number of piperidine rings is 1. The van der Waals surface area contributed by atoms with Crippen LogP contribution in [0.2, 0.25) is 0 Å². The van der Waals surface area contributed by atoms with E-state index in [4.69, 9.17) is 9.97 Å². The lowest BCUT2D eigenvalue weighted by Crippen LogP contribution is -2.41. The van der Waals surface area contributed by atoms with E-state index in [0.717, 1.165) is 66.9 Å². The molecule has 0 radical (unpaired) electrons. The second-order valence-corrected chi connectivity index (χ2v) is 8.30. The Labute approximate surface area is 184 Å². The minimum Gasteiger partial charge on any atom is -0.370 e. The van der Waals surface area contributed by atoms with Gasteiger partial charge in [-0.1, -0.05) is 44.2 Å². The average Bonchev–Trinajstić information content (AvgIpc) is 2.83. The number of rotatable bonds is 6. The maximum Gasteiger partial charge on any atom is 0.225 e. The van der Waals surface area contributed by atoms with Gasteiger partial charge in [-0.3, -0.25) is 4.79 Å². The highest BCUT2D eigenvalue weighted by molar-refractivity contribution is 5.79. The number of aryl methyl sites for hydroxylation is 2. The zero-order chi connectivity index (χ0) is 21.8. The van der Waals surface area contributed by atoms with Gasteiger partial charge in [0.05, 0.1) is 23.3 Å². The summed E-state index contributed by atoms with van der Waals surface area (Å²) >= 11 is 0. The van der Waals surface area contributed by atoms with Gasteiger partial charge in [0, 0.05) is 32.6 Å². The molecule has 1 aliphatic rings. The Morgan fingerprint density at radius 3 is 2.42 bits per heavy atom. The molecular formula is C25H31N5O. The van der Waals surface area contributed by atoms with Crippen molar-refractivity contribution in [1.29, 1.82) is 0 Å². The van der Waals surface area contributed by atoms with Crippen molar-refractivity contribution < 1.29 is 4.79 Å². The first-order valence-electron chi connectivity index (χ1n) is 11.3. The highest BCUT2D eigenvalue weighted by atomic mass is 16.2. The SMILES string of the molecule is CCc1nc2cc(N3CCC(C(=O)N(C)Cc4ccccc4)CC3)cnc2nc1CC. The van der Waals surface area contributed by atoms with Gasteiger partial charge < -0.3 is 9.80 Å². The van der Waals surface area contributed by atoms with Crippen LogP contribution in [0.15, 0.2) is 42.6 Å². The van der Waals surface area contributed by atoms with Crippen LogP contribution in [0, 0.1) is 5.92 Å². The smallest absolute Gasteiger partial charge is 0.225 e. The molecular weight excluding hydrogens is 386 g/mol. The summed E-state index contributed by atoms with van der Waals surface area (Å²) in [6.07, 6.45) is 5.36. The van der Waals surface area contributed by atoms with Crippen LogP contribution in [0.1, 0.15) is 43.6 Å². The lowest BCUT2D eigenvalue weighted by molar-refractivity contribution is -0.135. The van der Waals surface area contributed by atoms with Crippen molar-refractivity contribution in [3.05, 3.63) is 59.5 Å². The summed E-state index contributed by atoms with van der Waals surface area (Å²) in [6.45, 7) is 6.58. The second kappa shape index (κ2) is 9.41. The van der Waals surface area contributed by atoms with Crippen molar-refractivity contribution in [1.82, 2.24) is 19.9 Å². The van der Waals surface area contributed by atoms with Crippen molar-refractivity contribution in [3.8, 4) is 0 Å². The fraction of sp³-hybridized carbons (Fsp3) is 0.440. The molecule has 31 heavy (non-hydrogen) atoms. The van der Waals surface area contributed by atoms with Crippen molar-refractivity contribution in [2.75, 3.05) is 25.0 Å². The number of nitrogens with zero attached hydrogens (tertiary/aromatic N) is 5. The van der Waals surface area contributed by atoms with Crippen LogP contribution in [0.5, 0.6) is 0 Å². The molecule has 0 N–H and O–H groups in total. The molecule has 1 fully saturated rings. The lowest BCUT2D eigenvalue weighted by Gasteiger charge is -2.34. The largest absolute Gasteiger partial charge is 0.370 e. The summed E-state index contributed by atoms with van der Waals surface area (Å²) in [4.78, 5) is 31.2. The summed E-state index contributed by atoms with van der Waals surface area (Å²) in [5.41, 5.74) is 5.89. The van der Waals surface area contributed by atoms with Gasteiger partial charge >= 0.3 is 0 Å². The Balaban J connectivity index is 1.41. The number of anilines is 1. The third-order valence-electron chi connectivity index (χ3n) is 6.18. The fourth-order valence-corrected chi connectivity index (χ4v) is 4.38. The zero-order valence-corrected chi connectivity index (χ0v) is 18.7. The number of fused-ring (bicyclic) bond motifs is 1. The van der Waals surface area contributed by atoms with Crippen LogP contribution in [0.25, 0.3) is 11.2 Å². The number of amides is 1. The molecule has 2 aromatic heterocycles. The fourth-order valence-electron chi connectivity index (χ4n) is 4.38. The van der Waals surface area contributed by atoms with Gasteiger partial charge in [0.2, 0.25) is 5.91 Å². The summed E-state index contributed by atoms with van der Waals surface area (Å²) in [7, 11) is 1.91. The molecule has 4 rings (SSSR count). The molecule has 0 aliphatic carbocycles. The summed E-state index contributed by atoms with van der Waals surface area (Å²) in [6, 6.07) is 12.3. The van der Waals surface area contributed by atoms with Crippen LogP contribution in [0.4, 0.5) is 5.69 Å². The molecule has 0 bridgehead atoms. The van der Waals surface area contributed by atoms with Crippen molar-refractivity contribution >= 4 is 22.8 Å². The molecule has 0 spiro atoms. The molecule has 1 saturated heterocycles. The summed E-state index contributed by atoms with van der Waals surface area (Å²) < 4.78 is 0. The summed E-state index contributed by atoms with van der Waals surface area (Å²) in [5.74, 6) is 0.322. The first-order valence-corrected chi connectivity index (χ1v) is 11.3. The molecule has 1 amide bonds. The molecule has 3 heterocycles. The Kier molecular flexibility index (Phi) is 6.44. The van der Waals surface area contributed by atoms with Crippen LogP contribution in [-0.4, -0.2) is 45.9 Å². The molecule has 0 unspecified atom stereocenters. The van der Waals surface area contributed by atoms with Crippen LogP contribution >= 0.6 is 0 Å². The normalized spacial score (nSPS) is 14.7. The topological polar surface area (TPSA) is 62.2 Å². The number of carbonyl (C=O) groups is 1. The van der Waals surface area contributed by atoms with Gasteiger partial charge in [-0.25, -0.2) is 15.0 Å². The number of aromatic nitrogens is 3. The van der Waals surface area contributed by atoms with Gasteiger partial charge in [-0.15, -0.1) is 0 Å². The van der Waals surface area contributed by atoms with E-state index in [2.05, 4.69) is 41.9 Å². The molecule has 1 aromatic carbocycles. The minimum absolute atomic E-state index is 0.0805. The first kappa shape index (κ1) is 21.2. The maximum absolute atomic E-state index is 12.9. The first-order chi connectivity index (χ1) is 15.1. The number of benzene rings is 1. The Bertz CT molecular complexity index is 1040. The summed E-state index contributed by atoms with van der Waals surface area (Å²) in [5, 5.41) is 0. The van der Waals surface area contributed by atoms with Gasteiger partial charge in [-0.05, 0) is 37.3 Å². The third kappa shape index (κ3) is 4.68. The third-order valence-corrected chi connectivity index (χ3v) is 6.18. The average molecular weight is 418 g/mol. The number of hydrogen-bond acceptors (Lipinski definition) is 5.